The van der Waals surface area contributed by atoms with Crippen LogP contribution in [0.4, 0.5) is 5.69 Å². The van der Waals surface area contributed by atoms with E-state index in [-0.39, 0.29) is 37.1 Å². The standard InChI is InChI=1S/C20H20N2O5/c1-26-16-8-7-15(11-17(16)27-2)21-20(25)14-5-3-13(4-6-14)12-22-18(23)9-10-19(22)24/h3-8,11H,9-10,12H2,1-2H3,(H,21,25). The largest absolute Gasteiger partial charge is 0.493 e. The van der Waals surface area contributed by atoms with Crippen LogP contribution < -0.4 is 14.8 Å². The van der Waals surface area contributed by atoms with Crippen molar-refractivity contribution >= 4 is 23.4 Å². The molecule has 1 heterocycles. The molecule has 1 fully saturated rings. The second kappa shape index (κ2) is 7.90. The Balaban J connectivity index is 1.67. The molecule has 0 radical (unpaired) electrons. The molecule has 3 rings (SSSR count). The highest BCUT2D eigenvalue weighted by Crippen LogP contribution is 2.30. The molecule has 1 saturated heterocycles. The highest BCUT2D eigenvalue weighted by molar-refractivity contribution is 6.04. The third kappa shape index (κ3) is 4.08. The SMILES string of the molecule is COc1ccc(NC(=O)c2ccc(CN3C(=O)CCC3=O)cc2)cc1OC. The van der Waals surface area contributed by atoms with E-state index in [1.165, 1.54) is 12.0 Å². The molecule has 27 heavy (non-hydrogen) atoms. The maximum atomic E-state index is 12.4. The van der Waals surface area contributed by atoms with Crippen LogP contribution in [0.2, 0.25) is 0 Å². The molecule has 2 aromatic rings. The molecule has 0 bridgehead atoms. The lowest BCUT2D eigenvalue weighted by atomic mass is 10.1. The van der Waals surface area contributed by atoms with E-state index >= 15 is 0 Å². The molecule has 1 N–H and O–H groups in total. The lowest BCUT2D eigenvalue weighted by Gasteiger charge is -2.14. The van der Waals surface area contributed by atoms with Crippen LogP contribution in [0.1, 0.15) is 28.8 Å². The van der Waals surface area contributed by atoms with Gasteiger partial charge in [-0.2, -0.15) is 0 Å². The zero-order valence-electron chi connectivity index (χ0n) is 15.2. The Bertz CT molecular complexity index is 860. The van der Waals surface area contributed by atoms with Crippen LogP contribution in [0.3, 0.4) is 0 Å². The molecule has 2 aromatic carbocycles. The number of methoxy groups -OCH3 is 2. The first-order chi connectivity index (χ1) is 13.0. The molecule has 0 aromatic heterocycles. The summed E-state index contributed by atoms with van der Waals surface area (Å²) in [6.07, 6.45) is 0.537. The fourth-order valence-electron chi connectivity index (χ4n) is 2.86. The summed E-state index contributed by atoms with van der Waals surface area (Å²) in [5.74, 6) is 0.504. The average molecular weight is 368 g/mol. The van der Waals surface area contributed by atoms with Crippen LogP contribution >= 0.6 is 0 Å². The zero-order chi connectivity index (χ0) is 19.4. The summed E-state index contributed by atoms with van der Waals surface area (Å²) in [7, 11) is 3.07. The van der Waals surface area contributed by atoms with Gasteiger partial charge in [-0.05, 0) is 29.8 Å². The Hall–Kier alpha value is -3.35. The zero-order valence-corrected chi connectivity index (χ0v) is 15.2. The van der Waals surface area contributed by atoms with Gasteiger partial charge in [-0.3, -0.25) is 19.3 Å². The number of imide groups is 1. The van der Waals surface area contributed by atoms with E-state index < -0.39 is 0 Å². The molecule has 140 valence electrons. The van der Waals surface area contributed by atoms with Crippen LogP contribution in [0, 0.1) is 0 Å². The topological polar surface area (TPSA) is 84.9 Å². The molecule has 7 nitrogen and oxygen atoms in total. The number of nitrogens with one attached hydrogen (secondary N) is 1. The molecule has 3 amide bonds. The monoisotopic (exact) mass is 368 g/mol. The van der Waals surface area contributed by atoms with Gasteiger partial charge in [-0.15, -0.1) is 0 Å². The number of amides is 3. The van der Waals surface area contributed by atoms with Gasteiger partial charge >= 0.3 is 0 Å². The Kier molecular flexibility index (Phi) is 5.40. The highest BCUT2D eigenvalue weighted by Gasteiger charge is 2.28. The summed E-state index contributed by atoms with van der Waals surface area (Å²) in [4.78, 5) is 37.0. The van der Waals surface area contributed by atoms with E-state index in [2.05, 4.69) is 5.32 Å². The van der Waals surface area contributed by atoms with E-state index in [0.29, 0.717) is 22.7 Å². The maximum absolute atomic E-state index is 12.4. The lowest BCUT2D eigenvalue weighted by molar-refractivity contribution is -0.139. The predicted octanol–water partition coefficient (Wildman–Crippen LogP) is 2.61. The Morgan fingerprint density at radius 2 is 1.59 bits per heavy atom. The number of benzene rings is 2. The number of rotatable bonds is 6. The summed E-state index contributed by atoms with van der Waals surface area (Å²) in [5, 5.41) is 2.80. The number of carbonyl (C=O) groups is 3. The third-order valence-corrected chi connectivity index (χ3v) is 4.35. The van der Waals surface area contributed by atoms with Crippen LogP contribution in [0.5, 0.6) is 11.5 Å². The lowest BCUT2D eigenvalue weighted by Crippen LogP contribution is -2.28. The molecule has 1 aliphatic rings. The van der Waals surface area contributed by atoms with Crippen LogP contribution in [0.25, 0.3) is 0 Å². The smallest absolute Gasteiger partial charge is 0.255 e. The Morgan fingerprint density at radius 3 is 2.19 bits per heavy atom. The first-order valence-corrected chi connectivity index (χ1v) is 8.47. The van der Waals surface area contributed by atoms with Gasteiger partial charge in [-0.25, -0.2) is 0 Å². The van der Waals surface area contributed by atoms with Gasteiger partial charge in [0.05, 0.1) is 20.8 Å². The van der Waals surface area contributed by atoms with Crippen LogP contribution in [-0.2, 0) is 16.1 Å². The summed E-state index contributed by atoms with van der Waals surface area (Å²) in [6.45, 7) is 0.231. The van der Waals surface area contributed by atoms with Crippen LogP contribution in [-0.4, -0.2) is 36.8 Å². The van der Waals surface area contributed by atoms with Crippen molar-refractivity contribution in [2.24, 2.45) is 0 Å². The molecule has 7 heteroatoms. The van der Waals surface area contributed by atoms with Crippen molar-refractivity contribution in [3.63, 3.8) is 0 Å². The number of likely N-dealkylation sites (tertiary alicyclic amines) is 1. The minimum atomic E-state index is -0.276. The second-order valence-corrected chi connectivity index (χ2v) is 6.09. The molecule has 0 saturated carbocycles. The summed E-state index contributed by atoms with van der Waals surface area (Å²) in [6, 6.07) is 11.9. The second-order valence-electron chi connectivity index (χ2n) is 6.09. The fraction of sp³-hybridized carbons (Fsp3) is 0.250. The molecular formula is C20H20N2O5. The van der Waals surface area contributed by atoms with Crippen molar-refractivity contribution < 1.29 is 23.9 Å². The van der Waals surface area contributed by atoms with Crippen molar-refractivity contribution in [1.82, 2.24) is 4.90 Å². The molecular weight excluding hydrogens is 348 g/mol. The van der Waals surface area contributed by atoms with E-state index in [1.54, 1.807) is 49.6 Å². The number of ether oxygens (including phenoxy) is 2. The predicted molar refractivity (Wildman–Crippen MR) is 98.7 cm³/mol. The number of anilines is 1. The van der Waals surface area contributed by atoms with Gasteiger partial charge in [0.1, 0.15) is 0 Å². The fourth-order valence-corrected chi connectivity index (χ4v) is 2.86. The van der Waals surface area contributed by atoms with Crippen LogP contribution in [0.15, 0.2) is 42.5 Å². The highest BCUT2D eigenvalue weighted by atomic mass is 16.5. The molecule has 0 spiro atoms. The summed E-state index contributed by atoms with van der Waals surface area (Å²) in [5.41, 5.74) is 1.84. The van der Waals surface area contributed by atoms with Gasteiger partial charge in [0.25, 0.3) is 5.91 Å². The number of nitrogens with zero attached hydrogens (tertiary/aromatic N) is 1. The van der Waals surface area contributed by atoms with Crippen molar-refractivity contribution in [2.75, 3.05) is 19.5 Å². The molecule has 0 aliphatic carbocycles. The average Bonchev–Trinajstić information content (AvgIpc) is 3.00. The van der Waals surface area contributed by atoms with Crippen molar-refractivity contribution in [2.45, 2.75) is 19.4 Å². The first-order valence-electron chi connectivity index (χ1n) is 8.47. The van der Waals surface area contributed by atoms with Crippen molar-refractivity contribution in [3.05, 3.63) is 53.6 Å². The Labute approximate surface area is 156 Å². The van der Waals surface area contributed by atoms with Gasteiger partial charge < -0.3 is 14.8 Å². The van der Waals surface area contributed by atoms with E-state index in [0.717, 1.165) is 5.56 Å². The quantitative estimate of drug-likeness (QED) is 0.792. The summed E-state index contributed by atoms with van der Waals surface area (Å²) < 4.78 is 10.4. The normalized spacial score (nSPS) is 13.6. The minimum Gasteiger partial charge on any atom is -0.493 e. The van der Waals surface area contributed by atoms with Gasteiger partial charge in [0, 0.05) is 30.2 Å². The van der Waals surface area contributed by atoms with E-state index in [1.807, 2.05) is 0 Å². The van der Waals surface area contributed by atoms with Crippen molar-refractivity contribution in [3.8, 4) is 11.5 Å². The maximum Gasteiger partial charge on any atom is 0.255 e. The van der Waals surface area contributed by atoms with Crippen molar-refractivity contribution in [1.29, 1.82) is 0 Å². The Morgan fingerprint density at radius 1 is 0.963 bits per heavy atom. The molecule has 0 unspecified atom stereocenters. The molecule has 1 aliphatic heterocycles. The molecule has 0 atom stereocenters. The third-order valence-electron chi connectivity index (χ3n) is 4.35. The number of hydrogen-bond donors (Lipinski definition) is 1. The van der Waals surface area contributed by atoms with Gasteiger partial charge in [0.15, 0.2) is 11.5 Å². The van der Waals surface area contributed by atoms with Gasteiger partial charge in [-0.1, -0.05) is 12.1 Å². The number of carbonyl (C=O) groups excluding carboxylic acids is 3. The first kappa shape index (κ1) is 18.4. The van der Waals surface area contributed by atoms with Gasteiger partial charge in [0.2, 0.25) is 11.8 Å². The van der Waals surface area contributed by atoms with E-state index in [9.17, 15) is 14.4 Å². The van der Waals surface area contributed by atoms with E-state index in [4.69, 9.17) is 9.47 Å². The number of hydrogen-bond acceptors (Lipinski definition) is 5. The minimum absolute atomic E-state index is 0.157. The summed E-state index contributed by atoms with van der Waals surface area (Å²) >= 11 is 0.